The molecular formula is C14H12N2O2S2. The lowest BCUT2D eigenvalue weighted by atomic mass is 10.1. The zero-order valence-corrected chi connectivity index (χ0v) is 12.4. The van der Waals surface area contributed by atoms with Gasteiger partial charge in [-0.25, -0.2) is 0 Å². The van der Waals surface area contributed by atoms with Gasteiger partial charge in [0, 0.05) is 0 Å². The minimum atomic E-state index is 0.00473. The van der Waals surface area contributed by atoms with Crippen LogP contribution in [-0.4, -0.2) is 10.2 Å². The molecule has 2 N–H and O–H groups in total. The molecule has 20 heavy (non-hydrogen) atoms. The SMILES string of the molecule is CCCCc1cc(O)c2c(c1O)SC(=C(C#N)C#N)S2. The maximum atomic E-state index is 10.3. The standard InChI is InChI=1S/C14H12N2O2S2/c1-2-3-4-8-5-10(17)12-13(11(8)18)20-14(19-12)9(6-15)7-16/h5,17-18H,2-4H2,1H3. The Balaban J connectivity index is 2.46. The topological polar surface area (TPSA) is 88.0 Å². The van der Waals surface area contributed by atoms with Crippen LogP contribution in [0.5, 0.6) is 11.5 Å². The van der Waals surface area contributed by atoms with Gasteiger partial charge in [-0.1, -0.05) is 36.9 Å². The average Bonchev–Trinajstić information content (AvgIpc) is 2.88. The molecule has 1 aromatic rings. The van der Waals surface area contributed by atoms with Gasteiger partial charge in [0.05, 0.1) is 14.0 Å². The molecule has 0 unspecified atom stereocenters. The number of phenolic OH excluding ortho intramolecular Hbond substituents is 2. The van der Waals surface area contributed by atoms with Crippen LogP contribution < -0.4 is 0 Å². The van der Waals surface area contributed by atoms with E-state index in [-0.39, 0.29) is 17.1 Å². The highest BCUT2D eigenvalue weighted by Crippen LogP contribution is 2.59. The molecule has 4 nitrogen and oxygen atoms in total. The number of thioether (sulfide) groups is 2. The Hall–Kier alpha value is -1.76. The van der Waals surface area contributed by atoms with Crippen molar-refractivity contribution in [2.24, 2.45) is 0 Å². The lowest BCUT2D eigenvalue weighted by molar-refractivity contribution is 0.429. The highest BCUT2D eigenvalue weighted by atomic mass is 32.2. The van der Waals surface area contributed by atoms with Crippen molar-refractivity contribution in [1.82, 2.24) is 0 Å². The summed E-state index contributed by atoms with van der Waals surface area (Å²) in [4.78, 5) is 1.06. The Bertz CT molecular complexity index is 653. The summed E-state index contributed by atoms with van der Waals surface area (Å²) in [5, 5.41) is 38.1. The molecular weight excluding hydrogens is 292 g/mol. The first-order chi connectivity index (χ1) is 9.62. The first-order valence-corrected chi connectivity index (χ1v) is 7.73. The lowest BCUT2D eigenvalue weighted by Gasteiger charge is -2.09. The fourth-order valence-corrected chi connectivity index (χ4v) is 4.30. The smallest absolute Gasteiger partial charge is 0.150 e. The lowest BCUT2D eigenvalue weighted by Crippen LogP contribution is -1.88. The Morgan fingerprint density at radius 3 is 2.45 bits per heavy atom. The zero-order valence-electron chi connectivity index (χ0n) is 10.8. The van der Waals surface area contributed by atoms with Crippen LogP contribution in [0.2, 0.25) is 0 Å². The first kappa shape index (κ1) is 14.6. The third kappa shape index (κ3) is 2.58. The number of nitrogens with zero attached hydrogens (tertiary/aromatic N) is 2. The van der Waals surface area contributed by atoms with Gasteiger partial charge in [-0.2, -0.15) is 10.5 Å². The van der Waals surface area contributed by atoms with Gasteiger partial charge in [0.25, 0.3) is 0 Å². The molecule has 2 rings (SSSR count). The number of unbranched alkanes of at least 4 members (excludes halogenated alkanes) is 1. The summed E-state index contributed by atoms with van der Waals surface area (Å²) in [6, 6.07) is 5.23. The molecule has 0 amide bonds. The molecule has 1 heterocycles. The van der Waals surface area contributed by atoms with E-state index in [1.807, 2.05) is 12.1 Å². The number of hydrogen-bond donors (Lipinski definition) is 2. The van der Waals surface area contributed by atoms with Crippen LogP contribution in [0.4, 0.5) is 0 Å². The molecule has 1 aliphatic heterocycles. The fourth-order valence-electron chi connectivity index (χ4n) is 1.84. The quantitative estimate of drug-likeness (QED) is 0.650. The van der Waals surface area contributed by atoms with Crippen molar-refractivity contribution in [2.75, 3.05) is 0 Å². The van der Waals surface area contributed by atoms with Gasteiger partial charge in [0.2, 0.25) is 0 Å². The average molecular weight is 304 g/mol. The number of allylic oxidation sites excluding steroid dienone is 1. The van der Waals surface area contributed by atoms with E-state index >= 15 is 0 Å². The summed E-state index contributed by atoms with van der Waals surface area (Å²) < 4.78 is 0.503. The molecule has 0 radical (unpaired) electrons. The summed E-state index contributed by atoms with van der Waals surface area (Å²) in [5.41, 5.74) is 0.707. The van der Waals surface area contributed by atoms with Gasteiger partial charge in [-0.15, -0.1) is 0 Å². The maximum absolute atomic E-state index is 10.3. The number of hydrogen-bond acceptors (Lipinski definition) is 6. The zero-order chi connectivity index (χ0) is 14.7. The summed E-state index contributed by atoms with van der Waals surface area (Å²) in [6.45, 7) is 2.06. The van der Waals surface area contributed by atoms with Crippen LogP contribution in [0.1, 0.15) is 25.3 Å². The number of aromatic hydroxyl groups is 2. The van der Waals surface area contributed by atoms with Crippen LogP contribution in [0.15, 0.2) is 25.7 Å². The van der Waals surface area contributed by atoms with E-state index in [2.05, 4.69) is 6.92 Å². The summed E-state index contributed by atoms with van der Waals surface area (Å²) in [6.07, 6.45) is 2.61. The van der Waals surface area contributed by atoms with Gasteiger partial charge in [-0.05, 0) is 24.5 Å². The number of fused-ring (bicyclic) bond motifs is 1. The number of nitriles is 2. The first-order valence-electron chi connectivity index (χ1n) is 6.10. The molecule has 1 aliphatic rings. The molecule has 0 aromatic heterocycles. The molecule has 1 aromatic carbocycles. The fraction of sp³-hybridized carbons (Fsp3) is 0.286. The number of phenols is 2. The normalized spacial score (nSPS) is 12.7. The van der Waals surface area contributed by atoms with Crippen molar-refractivity contribution >= 4 is 23.5 Å². The van der Waals surface area contributed by atoms with E-state index in [4.69, 9.17) is 10.5 Å². The predicted molar refractivity (Wildman–Crippen MR) is 78.3 cm³/mol. The van der Waals surface area contributed by atoms with Crippen LogP contribution in [0.25, 0.3) is 0 Å². The minimum Gasteiger partial charge on any atom is -0.507 e. The molecule has 0 atom stereocenters. The second-order valence-electron chi connectivity index (χ2n) is 4.26. The third-order valence-electron chi connectivity index (χ3n) is 2.89. The van der Waals surface area contributed by atoms with Crippen LogP contribution in [0.3, 0.4) is 0 Å². The molecule has 0 saturated carbocycles. The van der Waals surface area contributed by atoms with E-state index in [1.54, 1.807) is 6.07 Å². The van der Waals surface area contributed by atoms with E-state index < -0.39 is 0 Å². The molecule has 6 heteroatoms. The number of aryl methyl sites for hydroxylation is 1. The van der Waals surface area contributed by atoms with Crippen LogP contribution >= 0.6 is 23.5 Å². The minimum absolute atomic E-state index is 0.00473. The van der Waals surface area contributed by atoms with E-state index in [1.165, 1.54) is 11.8 Å². The van der Waals surface area contributed by atoms with Crippen molar-refractivity contribution in [1.29, 1.82) is 10.5 Å². The summed E-state index contributed by atoms with van der Waals surface area (Å²) in [5.74, 6) is 0.237. The Morgan fingerprint density at radius 1 is 1.20 bits per heavy atom. The number of rotatable bonds is 3. The van der Waals surface area contributed by atoms with Crippen molar-refractivity contribution < 1.29 is 10.2 Å². The molecule has 102 valence electrons. The molecule has 0 aliphatic carbocycles. The van der Waals surface area contributed by atoms with Gasteiger partial charge < -0.3 is 10.2 Å². The number of benzene rings is 1. The van der Waals surface area contributed by atoms with E-state index in [9.17, 15) is 10.2 Å². The van der Waals surface area contributed by atoms with Gasteiger partial charge in [0.1, 0.15) is 29.2 Å². The summed E-state index contributed by atoms with van der Waals surface area (Å²) in [7, 11) is 0. The van der Waals surface area contributed by atoms with Gasteiger partial charge in [-0.3, -0.25) is 0 Å². The molecule has 0 spiro atoms. The summed E-state index contributed by atoms with van der Waals surface area (Å²) >= 11 is 2.32. The second kappa shape index (κ2) is 6.13. The van der Waals surface area contributed by atoms with Gasteiger partial charge >= 0.3 is 0 Å². The van der Waals surface area contributed by atoms with Crippen molar-refractivity contribution in [3.63, 3.8) is 0 Å². The van der Waals surface area contributed by atoms with Crippen molar-refractivity contribution in [3.8, 4) is 23.6 Å². The monoisotopic (exact) mass is 304 g/mol. The Kier molecular flexibility index (Phi) is 4.49. The Morgan fingerprint density at radius 2 is 1.85 bits per heavy atom. The van der Waals surface area contributed by atoms with Crippen LogP contribution in [-0.2, 0) is 6.42 Å². The predicted octanol–water partition coefficient (Wildman–Crippen LogP) is 3.90. The van der Waals surface area contributed by atoms with Crippen molar-refractivity contribution in [2.45, 2.75) is 36.0 Å². The van der Waals surface area contributed by atoms with E-state index in [0.717, 1.165) is 24.6 Å². The van der Waals surface area contributed by atoms with Gasteiger partial charge in [0.15, 0.2) is 0 Å². The largest absolute Gasteiger partial charge is 0.507 e. The highest BCUT2D eigenvalue weighted by Gasteiger charge is 2.28. The third-order valence-corrected chi connectivity index (χ3v) is 5.51. The van der Waals surface area contributed by atoms with Crippen LogP contribution in [0, 0.1) is 22.7 Å². The Labute approximate surface area is 125 Å². The van der Waals surface area contributed by atoms with E-state index in [0.29, 0.717) is 26.0 Å². The maximum Gasteiger partial charge on any atom is 0.150 e. The van der Waals surface area contributed by atoms with Crippen molar-refractivity contribution in [3.05, 3.63) is 21.4 Å². The highest BCUT2D eigenvalue weighted by molar-refractivity contribution is 8.24. The molecule has 0 fully saturated rings. The molecule has 0 bridgehead atoms. The molecule has 0 saturated heterocycles. The second-order valence-corrected chi connectivity index (χ2v) is 6.56.